The monoisotopic (exact) mass is 420 g/mol. The summed E-state index contributed by atoms with van der Waals surface area (Å²) in [7, 11) is 1.64. The second kappa shape index (κ2) is 8.79. The van der Waals surface area contributed by atoms with E-state index in [2.05, 4.69) is 62.4 Å². The van der Waals surface area contributed by atoms with Gasteiger partial charge in [0.1, 0.15) is 4.47 Å². The van der Waals surface area contributed by atoms with Crippen molar-refractivity contribution in [1.29, 1.82) is 0 Å². The SMILES string of the molecule is CCC(Nc1cnn(C)c(=O)c1Br)C1CN(Cc2ccccc2)CCO1. The van der Waals surface area contributed by atoms with Crippen molar-refractivity contribution in [3.05, 3.63) is 56.9 Å². The molecule has 2 unspecified atom stereocenters. The molecular formula is C19H25BrN4O2. The van der Waals surface area contributed by atoms with Crippen molar-refractivity contribution in [2.24, 2.45) is 7.05 Å². The Hall–Kier alpha value is -1.70. The molecular weight excluding hydrogens is 396 g/mol. The van der Waals surface area contributed by atoms with E-state index >= 15 is 0 Å². The van der Waals surface area contributed by atoms with Crippen LogP contribution >= 0.6 is 15.9 Å². The summed E-state index contributed by atoms with van der Waals surface area (Å²) in [4.78, 5) is 14.5. The van der Waals surface area contributed by atoms with Crippen molar-refractivity contribution >= 4 is 21.6 Å². The number of nitrogens with one attached hydrogen (secondary N) is 1. The van der Waals surface area contributed by atoms with E-state index < -0.39 is 0 Å². The first kappa shape index (κ1) is 19.1. The van der Waals surface area contributed by atoms with E-state index in [4.69, 9.17) is 4.74 Å². The Morgan fingerprint density at radius 3 is 2.88 bits per heavy atom. The van der Waals surface area contributed by atoms with Gasteiger partial charge in [0.05, 0.1) is 30.6 Å². The van der Waals surface area contributed by atoms with Gasteiger partial charge in [0, 0.05) is 26.7 Å². The van der Waals surface area contributed by atoms with Gasteiger partial charge in [-0.25, -0.2) is 4.68 Å². The molecule has 1 saturated heterocycles. The number of aryl methyl sites for hydroxylation is 1. The highest BCUT2D eigenvalue weighted by atomic mass is 79.9. The van der Waals surface area contributed by atoms with Crippen LogP contribution in [0.15, 0.2) is 45.8 Å². The number of anilines is 1. The van der Waals surface area contributed by atoms with Gasteiger partial charge in [-0.2, -0.15) is 5.10 Å². The van der Waals surface area contributed by atoms with E-state index in [0.29, 0.717) is 16.8 Å². The lowest BCUT2D eigenvalue weighted by molar-refractivity contribution is -0.0402. The van der Waals surface area contributed by atoms with Crippen molar-refractivity contribution in [2.75, 3.05) is 25.0 Å². The Balaban J connectivity index is 1.68. The molecule has 140 valence electrons. The number of hydrogen-bond acceptors (Lipinski definition) is 5. The van der Waals surface area contributed by atoms with Gasteiger partial charge in [-0.05, 0) is 27.9 Å². The highest BCUT2D eigenvalue weighted by Gasteiger charge is 2.28. The number of ether oxygens (including phenoxy) is 1. The average Bonchev–Trinajstić information content (AvgIpc) is 2.67. The molecule has 1 aliphatic rings. The third-order valence-electron chi connectivity index (χ3n) is 4.73. The largest absolute Gasteiger partial charge is 0.377 e. The molecule has 26 heavy (non-hydrogen) atoms. The molecule has 2 heterocycles. The highest BCUT2D eigenvalue weighted by Crippen LogP contribution is 2.21. The van der Waals surface area contributed by atoms with E-state index in [1.54, 1.807) is 13.2 Å². The molecule has 2 aromatic rings. The lowest BCUT2D eigenvalue weighted by Gasteiger charge is -2.37. The molecule has 1 aromatic carbocycles. The predicted octanol–water partition coefficient (Wildman–Crippen LogP) is 2.63. The van der Waals surface area contributed by atoms with E-state index in [1.165, 1.54) is 10.2 Å². The van der Waals surface area contributed by atoms with Crippen molar-refractivity contribution in [2.45, 2.75) is 32.0 Å². The third kappa shape index (κ3) is 4.52. The molecule has 6 nitrogen and oxygen atoms in total. The predicted molar refractivity (Wildman–Crippen MR) is 106 cm³/mol. The summed E-state index contributed by atoms with van der Waals surface area (Å²) in [5.74, 6) is 0. The summed E-state index contributed by atoms with van der Waals surface area (Å²) in [6.45, 7) is 5.55. The highest BCUT2D eigenvalue weighted by molar-refractivity contribution is 9.10. The van der Waals surface area contributed by atoms with Crippen LogP contribution in [0.4, 0.5) is 5.69 Å². The molecule has 1 aliphatic heterocycles. The second-order valence-corrected chi connectivity index (χ2v) is 7.38. The molecule has 0 saturated carbocycles. The Morgan fingerprint density at radius 1 is 1.38 bits per heavy atom. The minimum absolute atomic E-state index is 0.0634. The molecule has 0 aliphatic carbocycles. The number of benzene rings is 1. The molecule has 3 rings (SSSR count). The normalized spacial score (nSPS) is 19.3. The number of aromatic nitrogens is 2. The molecule has 1 N–H and O–H groups in total. The van der Waals surface area contributed by atoms with Crippen LogP contribution in [-0.2, 0) is 18.3 Å². The minimum Gasteiger partial charge on any atom is -0.377 e. The van der Waals surface area contributed by atoms with Gasteiger partial charge in [0.2, 0.25) is 0 Å². The van der Waals surface area contributed by atoms with Crippen LogP contribution in [-0.4, -0.2) is 46.5 Å². The standard InChI is InChI=1S/C19H25BrN4O2/c1-3-15(22-16-11-21-23(2)19(25)18(16)20)17-13-24(9-10-26-17)12-14-7-5-4-6-8-14/h4-8,11,15,17,22H,3,9-10,12-13H2,1-2H3. The van der Waals surface area contributed by atoms with Crippen molar-refractivity contribution < 1.29 is 4.74 Å². The number of hydrogen-bond donors (Lipinski definition) is 1. The van der Waals surface area contributed by atoms with Crippen LogP contribution in [0.3, 0.4) is 0 Å². The van der Waals surface area contributed by atoms with Crippen molar-refractivity contribution in [3.63, 3.8) is 0 Å². The Morgan fingerprint density at radius 2 is 2.15 bits per heavy atom. The number of morpholine rings is 1. The molecule has 0 spiro atoms. The number of halogens is 1. The summed E-state index contributed by atoms with van der Waals surface area (Å²) in [5.41, 5.74) is 1.87. The lowest BCUT2D eigenvalue weighted by Crippen LogP contribution is -2.49. The second-order valence-electron chi connectivity index (χ2n) is 6.59. The third-order valence-corrected chi connectivity index (χ3v) is 5.50. The van der Waals surface area contributed by atoms with E-state index in [1.807, 2.05) is 6.07 Å². The summed E-state index contributed by atoms with van der Waals surface area (Å²) < 4.78 is 7.86. The molecule has 1 fully saturated rings. The first-order valence-corrected chi connectivity index (χ1v) is 9.74. The van der Waals surface area contributed by atoms with Gasteiger partial charge >= 0.3 is 0 Å². The lowest BCUT2D eigenvalue weighted by atomic mass is 10.1. The van der Waals surface area contributed by atoms with E-state index in [0.717, 1.165) is 26.1 Å². The van der Waals surface area contributed by atoms with Gasteiger partial charge in [-0.1, -0.05) is 37.3 Å². The van der Waals surface area contributed by atoms with Gasteiger partial charge in [-0.15, -0.1) is 0 Å². The number of rotatable bonds is 6. The minimum atomic E-state index is -0.153. The zero-order valence-corrected chi connectivity index (χ0v) is 16.8. The molecule has 0 bridgehead atoms. The van der Waals surface area contributed by atoms with Crippen molar-refractivity contribution in [1.82, 2.24) is 14.7 Å². The van der Waals surface area contributed by atoms with Crippen LogP contribution in [0.2, 0.25) is 0 Å². The van der Waals surface area contributed by atoms with Gasteiger partial charge in [-0.3, -0.25) is 9.69 Å². The van der Waals surface area contributed by atoms with Crippen LogP contribution in [0, 0.1) is 0 Å². The molecule has 7 heteroatoms. The smallest absolute Gasteiger partial charge is 0.282 e. The summed E-state index contributed by atoms with van der Waals surface area (Å²) in [5, 5.41) is 7.55. The number of nitrogens with zero attached hydrogens (tertiary/aromatic N) is 3. The quantitative estimate of drug-likeness (QED) is 0.777. The first-order chi connectivity index (χ1) is 12.6. The topological polar surface area (TPSA) is 59.4 Å². The maximum absolute atomic E-state index is 12.1. The summed E-state index contributed by atoms with van der Waals surface area (Å²) in [6.07, 6.45) is 2.64. The fourth-order valence-corrected chi connectivity index (χ4v) is 3.70. The Bertz CT molecular complexity index is 781. The Labute approximate surface area is 162 Å². The Kier molecular flexibility index (Phi) is 6.45. The van der Waals surface area contributed by atoms with Gasteiger partial charge in [0.15, 0.2) is 0 Å². The summed E-state index contributed by atoms with van der Waals surface area (Å²) >= 11 is 3.38. The summed E-state index contributed by atoms with van der Waals surface area (Å²) in [6, 6.07) is 10.6. The molecule has 1 aromatic heterocycles. The van der Waals surface area contributed by atoms with Crippen molar-refractivity contribution in [3.8, 4) is 0 Å². The van der Waals surface area contributed by atoms with E-state index in [9.17, 15) is 4.79 Å². The van der Waals surface area contributed by atoms with E-state index in [-0.39, 0.29) is 17.7 Å². The van der Waals surface area contributed by atoms with Crippen LogP contribution in [0.5, 0.6) is 0 Å². The zero-order valence-electron chi connectivity index (χ0n) is 15.2. The zero-order chi connectivity index (χ0) is 18.5. The van der Waals surface area contributed by atoms with Gasteiger partial charge in [0.25, 0.3) is 5.56 Å². The van der Waals surface area contributed by atoms with Crippen LogP contribution in [0.1, 0.15) is 18.9 Å². The van der Waals surface area contributed by atoms with Crippen LogP contribution < -0.4 is 10.9 Å². The maximum Gasteiger partial charge on any atom is 0.282 e. The fraction of sp³-hybridized carbons (Fsp3) is 0.474. The maximum atomic E-state index is 12.1. The molecule has 0 radical (unpaired) electrons. The van der Waals surface area contributed by atoms with Gasteiger partial charge < -0.3 is 10.1 Å². The molecule has 2 atom stereocenters. The average molecular weight is 421 g/mol. The fourth-order valence-electron chi connectivity index (χ4n) is 3.23. The van der Waals surface area contributed by atoms with Crippen LogP contribution in [0.25, 0.3) is 0 Å². The first-order valence-electron chi connectivity index (χ1n) is 8.94. The molecule has 0 amide bonds.